The maximum absolute atomic E-state index is 5.33. The second-order valence-electron chi connectivity index (χ2n) is 3.67. The molecule has 1 atom stereocenters. The Bertz CT molecular complexity index is 173. The molecule has 1 unspecified atom stereocenters. The Balaban J connectivity index is 2.27. The molecule has 1 rings (SSSR count). The Labute approximate surface area is 87.2 Å². The van der Waals surface area contributed by atoms with Gasteiger partial charge in [0.05, 0.1) is 13.2 Å². The van der Waals surface area contributed by atoms with E-state index in [4.69, 9.17) is 4.74 Å². The Morgan fingerprint density at radius 1 is 1.29 bits per heavy atom. The molecular weight excluding hydrogens is 174 g/mol. The lowest BCUT2D eigenvalue weighted by atomic mass is 10.1. The molecule has 0 aromatic rings. The third-order valence-corrected chi connectivity index (χ3v) is 2.69. The molecule has 14 heavy (non-hydrogen) atoms. The maximum Gasteiger partial charge on any atom is 0.0594 e. The summed E-state index contributed by atoms with van der Waals surface area (Å²) in [6.45, 7) is 11.5. The Morgan fingerprint density at radius 2 is 2.00 bits per heavy atom. The van der Waals surface area contributed by atoms with Crippen molar-refractivity contribution in [2.75, 3.05) is 26.3 Å². The molecule has 0 saturated carbocycles. The zero-order valence-corrected chi connectivity index (χ0v) is 8.95. The normalized spacial score (nSPS) is 20.3. The van der Waals surface area contributed by atoms with Gasteiger partial charge in [0, 0.05) is 19.1 Å². The lowest BCUT2D eigenvalue weighted by molar-refractivity contribution is 0.0240. The van der Waals surface area contributed by atoms with Crippen LogP contribution in [0.1, 0.15) is 19.3 Å². The number of hydrogen-bond acceptors (Lipinski definition) is 2. The van der Waals surface area contributed by atoms with Crippen LogP contribution in [0.3, 0.4) is 0 Å². The van der Waals surface area contributed by atoms with E-state index in [9.17, 15) is 0 Å². The first-order chi connectivity index (χ1) is 6.88. The van der Waals surface area contributed by atoms with Crippen molar-refractivity contribution in [2.24, 2.45) is 0 Å². The highest BCUT2D eigenvalue weighted by Gasteiger charge is 2.17. The highest BCUT2D eigenvalue weighted by atomic mass is 16.5. The van der Waals surface area contributed by atoms with Gasteiger partial charge >= 0.3 is 0 Å². The molecule has 1 saturated heterocycles. The van der Waals surface area contributed by atoms with Crippen LogP contribution in [0.25, 0.3) is 0 Å². The average Bonchev–Trinajstić information content (AvgIpc) is 2.26. The first-order valence-electron chi connectivity index (χ1n) is 5.43. The number of ether oxygens (including phenoxy) is 1. The van der Waals surface area contributed by atoms with Gasteiger partial charge in [0.15, 0.2) is 0 Å². The number of nitrogens with zero attached hydrogens (tertiary/aromatic N) is 1. The van der Waals surface area contributed by atoms with E-state index in [1.165, 1.54) is 12.8 Å². The highest BCUT2D eigenvalue weighted by Crippen LogP contribution is 2.12. The highest BCUT2D eigenvalue weighted by molar-refractivity contribution is 4.89. The molecule has 0 aliphatic carbocycles. The molecule has 0 bridgehead atoms. The number of hydrogen-bond donors (Lipinski definition) is 0. The summed E-state index contributed by atoms with van der Waals surface area (Å²) in [6, 6.07) is 0.527. The molecule has 2 heteroatoms. The quantitative estimate of drug-likeness (QED) is 0.476. The Kier molecular flexibility index (Phi) is 5.57. The molecule has 0 radical (unpaired) electrons. The fourth-order valence-corrected chi connectivity index (χ4v) is 1.83. The third kappa shape index (κ3) is 3.64. The van der Waals surface area contributed by atoms with Crippen molar-refractivity contribution in [1.82, 2.24) is 4.90 Å². The van der Waals surface area contributed by atoms with Crippen LogP contribution in [0.15, 0.2) is 25.3 Å². The summed E-state index contributed by atoms with van der Waals surface area (Å²) in [7, 11) is 0. The maximum atomic E-state index is 5.33. The Morgan fingerprint density at radius 3 is 2.57 bits per heavy atom. The van der Waals surface area contributed by atoms with Crippen molar-refractivity contribution in [3.05, 3.63) is 25.3 Å². The smallest absolute Gasteiger partial charge is 0.0594 e. The predicted molar refractivity (Wildman–Crippen MR) is 60.4 cm³/mol. The minimum absolute atomic E-state index is 0.527. The van der Waals surface area contributed by atoms with Gasteiger partial charge in [-0.1, -0.05) is 12.2 Å². The number of unbranched alkanes of at least 4 members (excludes halogenated alkanes) is 1. The second kappa shape index (κ2) is 6.80. The molecule has 80 valence electrons. The second-order valence-corrected chi connectivity index (χ2v) is 3.67. The van der Waals surface area contributed by atoms with E-state index >= 15 is 0 Å². The molecule has 0 spiro atoms. The summed E-state index contributed by atoms with van der Waals surface area (Å²) in [5.74, 6) is 0. The average molecular weight is 195 g/mol. The molecule has 0 aromatic heterocycles. The molecule has 1 fully saturated rings. The molecule has 1 heterocycles. The van der Waals surface area contributed by atoms with Gasteiger partial charge in [0.1, 0.15) is 0 Å². The van der Waals surface area contributed by atoms with Gasteiger partial charge in [0.25, 0.3) is 0 Å². The molecule has 0 amide bonds. The fraction of sp³-hybridized carbons (Fsp3) is 0.667. The van der Waals surface area contributed by atoms with Gasteiger partial charge in [-0.25, -0.2) is 0 Å². The van der Waals surface area contributed by atoms with Gasteiger partial charge < -0.3 is 4.74 Å². The minimum atomic E-state index is 0.527. The van der Waals surface area contributed by atoms with E-state index in [1.807, 2.05) is 6.08 Å². The van der Waals surface area contributed by atoms with Gasteiger partial charge in [-0.15, -0.1) is 13.2 Å². The summed E-state index contributed by atoms with van der Waals surface area (Å²) in [4.78, 5) is 2.46. The van der Waals surface area contributed by atoms with Crippen molar-refractivity contribution >= 4 is 0 Å². The van der Waals surface area contributed by atoms with Crippen LogP contribution in [0.2, 0.25) is 0 Å². The van der Waals surface area contributed by atoms with Crippen LogP contribution < -0.4 is 0 Å². The monoisotopic (exact) mass is 195 g/mol. The molecule has 0 N–H and O–H groups in total. The van der Waals surface area contributed by atoms with E-state index in [0.717, 1.165) is 32.7 Å². The van der Waals surface area contributed by atoms with Gasteiger partial charge in [-0.3, -0.25) is 4.90 Å². The summed E-state index contributed by atoms with van der Waals surface area (Å²) in [6.07, 6.45) is 7.55. The molecule has 1 aliphatic heterocycles. The molecule has 0 aromatic carbocycles. The number of allylic oxidation sites excluding steroid dienone is 1. The topological polar surface area (TPSA) is 12.5 Å². The first-order valence-corrected chi connectivity index (χ1v) is 5.43. The van der Waals surface area contributed by atoms with Gasteiger partial charge in [0.2, 0.25) is 0 Å². The van der Waals surface area contributed by atoms with Crippen LogP contribution in [0.4, 0.5) is 0 Å². The molecule has 1 aliphatic rings. The van der Waals surface area contributed by atoms with Gasteiger partial charge in [-0.2, -0.15) is 0 Å². The standard InChI is InChI=1S/C12H21NO/c1-3-5-6-7-12(4-2)13-8-10-14-11-9-13/h3-4,12H,1-2,5-11H2. The number of rotatable bonds is 6. The van der Waals surface area contributed by atoms with Crippen molar-refractivity contribution in [3.8, 4) is 0 Å². The van der Waals surface area contributed by atoms with Crippen molar-refractivity contribution in [1.29, 1.82) is 0 Å². The zero-order valence-electron chi connectivity index (χ0n) is 8.95. The van der Waals surface area contributed by atoms with Crippen LogP contribution in [-0.2, 0) is 4.74 Å². The van der Waals surface area contributed by atoms with E-state index in [0.29, 0.717) is 6.04 Å². The minimum Gasteiger partial charge on any atom is -0.379 e. The van der Waals surface area contributed by atoms with Crippen molar-refractivity contribution in [3.63, 3.8) is 0 Å². The lowest BCUT2D eigenvalue weighted by Crippen LogP contribution is -2.42. The zero-order chi connectivity index (χ0) is 10.2. The largest absolute Gasteiger partial charge is 0.379 e. The fourth-order valence-electron chi connectivity index (χ4n) is 1.83. The van der Waals surface area contributed by atoms with Crippen molar-refractivity contribution < 1.29 is 4.74 Å². The summed E-state index contributed by atoms with van der Waals surface area (Å²) in [5, 5.41) is 0. The lowest BCUT2D eigenvalue weighted by Gasteiger charge is -2.32. The van der Waals surface area contributed by atoms with Gasteiger partial charge in [-0.05, 0) is 19.3 Å². The Hall–Kier alpha value is -0.600. The summed E-state index contributed by atoms with van der Waals surface area (Å²) >= 11 is 0. The van der Waals surface area contributed by atoms with E-state index in [2.05, 4.69) is 24.1 Å². The van der Waals surface area contributed by atoms with Crippen LogP contribution in [0, 0.1) is 0 Å². The predicted octanol–water partition coefficient (Wildman–Crippen LogP) is 2.23. The van der Waals surface area contributed by atoms with Crippen molar-refractivity contribution in [2.45, 2.75) is 25.3 Å². The summed E-state index contributed by atoms with van der Waals surface area (Å²) < 4.78 is 5.33. The third-order valence-electron chi connectivity index (χ3n) is 2.69. The SMILES string of the molecule is C=CCCCC(C=C)N1CCOCC1. The van der Waals surface area contributed by atoms with Crippen LogP contribution in [-0.4, -0.2) is 37.2 Å². The van der Waals surface area contributed by atoms with E-state index in [1.54, 1.807) is 0 Å². The van der Waals surface area contributed by atoms with Crippen LogP contribution >= 0.6 is 0 Å². The summed E-state index contributed by atoms with van der Waals surface area (Å²) in [5.41, 5.74) is 0. The molecule has 2 nitrogen and oxygen atoms in total. The van der Waals surface area contributed by atoms with E-state index in [-0.39, 0.29) is 0 Å². The van der Waals surface area contributed by atoms with E-state index < -0.39 is 0 Å². The first kappa shape index (κ1) is 11.5. The molecular formula is C12H21NO. The van der Waals surface area contributed by atoms with Crippen LogP contribution in [0.5, 0.6) is 0 Å². The number of morpholine rings is 1.